The van der Waals surface area contributed by atoms with Gasteiger partial charge in [-0.2, -0.15) is 4.98 Å². The molecule has 8 heteroatoms. The van der Waals surface area contributed by atoms with Crippen molar-refractivity contribution in [2.75, 3.05) is 37.9 Å². The van der Waals surface area contributed by atoms with Crippen LogP contribution in [0.25, 0.3) is 21.9 Å². The summed E-state index contributed by atoms with van der Waals surface area (Å²) in [6.45, 7) is 8.35. The van der Waals surface area contributed by atoms with Gasteiger partial charge in [0.15, 0.2) is 5.82 Å². The molecule has 0 spiro atoms. The predicted octanol–water partition coefficient (Wildman–Crippen LogP) is 5.09. The molecule has 0 aliphatic carbocycles. The Morgan fingerprint density at radius 1 is 1.14 bits per heavy atom. The fourth-order valence-corrected chi connectivity index (χ4v) is 5.17. The minimum absolute atomic E-state index is 0.0987. The largest absolute Gasteiger partial charge is 0.496 e. The summed E-state index contributed by atoms with van der Waals surface area (Å²) in [6, 6.07) is 14.8. The first-order valence-corrected chi connectivity index (χ1v) is 13.3. The van der Waals surface area contributed by atoms with Crippen LogP contribution in [0.5, 0.6) is 5.75 Å². The van der Waals surface area contributed by atoms with Crippen LogP contribution in [0.2, 0.25) is 0 Å². The summed E-state index contributed by atoms with van der Waals surface area (Å²) in [4.78, 5) is 9.26. The van der Waals surface area contributed by atoms with Gasteiger partial charge in [0, 0.05) is 42.8 Å². The summed E-state index contributed by atoms with van der Waals surface area (Å²) in [5.41, 5.74) is 11.5. The third kappa shape index (κ3) is 5.36. The van der Waals surface area contributed by atoms with Crippen molar-refractivity contribution in [1.29, 1.82) is 0 Å². The maximum absolute atomic E-state index is 6.15. The number of nitrogens with two attached hydrogens (primary N) is 1. The highest BCUT2D eigenvalue weighted by Gasteiger charge is 2.26. The molecule has 5 rings (SSSR count). The number of nitrogens with zero attached hydrogens (tertiary/aromatic N) is 3. The highest BCUT2D eigenvalue weighted by Crippen LogP contribution is 2.34. The van der Waals surface area contributed by atoms with Crippen molar-refractivity contribution in [3.63, 3.8) is 0 Å². The molecule has 8 nitrogen and oxygen atoms in total. The second kappa shape index (κ2) is 10.9. The second-order valence-electron chi connectivity index (χ2n) is 10.2. The van der Waals surface area contributed by atoms with Gasteiger partial charge in [-0.15, -0.1) is 0 Å². The van der Waals surface area contributed by atoms with Crippen molar-refractivity contribution >= 4 is 33.7 Å². The van der Waals surface area contributed by atoms with Crippen molar-refractivity contribution < 1.29 is 9.47 Å². The molecule has 0 unspecified atom stereocenters. The van der Waals surface area contributed by atoms with Crippen LogP contribution in [-0.2, 0) is 17.8 Å². The lowest BCUT2D eigenvalue weighted by molar-refractivity contribution is 0.0446. The first kappa shape index (κ1) is 25.3. The standard InChI is InChI=1S/C29H38N6O2/c1-4-5-14-31-27-26-25(33-28(30)34-27)22-8-6-7-9-23(22)35(26)19-21-17-20(10-11-24(21)36-3)18-32-29(2)12-15-37-16-13-29/h6-11,17,32H,4-5,12-16,18-19H2,1-3H3,(H3,30,31,33,34). The Kier molecular flexibility index (Phi) is 7.48. The van der Waals surface area contributed by atoms with E-state index in [-0.39, 0.29) is 11.5 Å². The molecule has 4 aromatic rings. The lowest BCUT2D eigenvalue weighted by atomic mass is 9.92. The molecule has 0 radical (unpaired) electrons. The fraction of sp³-hybridized carbons (Fsp3) is 0.448. The SMILES string of the molecule is CCCCNc1nc(N)nc2c3ccccc3n(Cc3cc(CNC4(C)CCOCC4)ccc3OC)c12. The van der Waals surface area contributed by atoms with E-state index in [1.165, 1.54) is 5.56 Å². The van der Waals surface area contributed by atoms with Crippen LogP contribution in [-0.4, -0.2) is 46.9 Å². The Labute approximate surface area is 218 Å². The molecule has 4 N–H and O–H groups in total. The summed E-state index contributed by atoms with van der Waals surface area (Å²) >= 11 is 0. The number of anilines is 2. The highest BCUT2D eigenvalue weighted by atomic mass is 16.5. The average molecular weight is 503 g/mol. The molecule has 0 amide bonds. The first-order valence-electron chi connectivity index (χ1n) is 13.3. The fourth-order valence-electron chi connectivity index (χ4n) is 5.17. The van der Waals surface area contributed by atoms with E-state index < -0.39 is 0 Å². The molecule has 0 atom stereocenters. The molecule has 2 aromatic carbocycles. The second-order valence-corrected chi connectivity index (χ2v) is 10.2. The number of unbranched alkanes of at least 4 members (excludes halogenated alkanes) is 1. The molecule has 1 fully saturated rings. The Balaban J connectivity index is 1.54. The summed E-state index contributed by atoms with van der Waals surface area (Å²) in [7, 11) is 1.73. The molecule has 0 saturated carbocycles. The average Bonchev–Trinajstić information content (AvgIpc) is 3.21. The van der Waals surface area contributed by atoms with E-state index in [4.69, 9.17) is 15.2 Å². The Morgan fingerprint density at radius 2 is 1.95 bits per heavy atom. The van der Waals surface area contributed by atoms with Crippen LogP contribution in [0.15, 0.2) is 42.5 Å². The zero-order valence-corrected chi connectivity index (χ0v) is 22.1. The van der Waals surface area contributed by atoms with Crippen molar-refractivity contribution in [1.82, 2.24) is 19.9 Å². The molecular formula is C29H38N6O2. The summed E-state index contributed by atoms with van der Waals surface area (Å²) < 4.78 is 13.6. The number of rotatable bonds is 10. The van der Waals surface area contributed by atoms with Gasteiger partial charge in [-0.25, -0.2) is 4.98 Å². The zero-order chi connectivity index (χ0) is 25.8. The summed E-state index contributed by atoms with van der Waals surface area (Å²) in [5.74, 6) is 1.92. The van der Waals surface area contributed by atoms with E-state index in [0.29, 0.717) is 6.54 Å². The van der Waals surface area contributed by atoms with E-state index in [2.05, 4.69) is 75.4 Å². The molecule has 1 aliphatic heterocycles. The number of fused-ring (bicyclic) bond motifs is 3. The number of aromatic nitrogens is 3. The van der Waals surface area contributed by atoms with Crippen LogP contribution < -0.4 is 21.1 Å². The Bertz CT molecular complexity index is 1380. The monoisotopic (exact) mass is 502 g/mol. The van der Waals surface area contributed by atoms with Crippen molar-refractivity contribution in [2.24, 2.45) is 0 Å². The third-order valence-corrected chi connectivity index (χ3v) is 7.43. The van der Waals surface area contributed by atoms with Gasteiger partial charge in [-0.3, -0.25) is 0 Å². The first-order chi connectivity index (χ1) is 18.0. The molecule has 196 valence electrons. The molecule has 0 bridgehead atoms. The number of methoxy groups -OCH3 is 1. The quantitative estimate of drug-likeness (QED) is 0.260. The van der Waals surface area contributed by atoms with Crippen LogP contribution >= 0.6 is 0 Å². The van der Waals surface area contributed by atoms with Crippen molar-refractivity contribution in [2.45, 2.75) is 58.2 Å². The maximum atomic E-state index is 6.15. The highest BCUT2D eigenvalue weighted by molar-refractivity contribution is 6.09. The predicted molar refractivity (Wildman–Crippen MR) is 150 cm³/mol. The number of hydrogen-bond acceptors (Lipinski definition) is 7. The Hall–Kier alpha value is -3.36. The van der Waals surface area contributed by atoms with Crippen LogP contribution in [0, 0.1) is 0 Å². The van der Waals surface area contributed by atoms with Gasteiger partial charge in [0.25, 0.3) is 0 Å². The van der Waals surface area contributed by atoms with E-state index in [1.54, 1.807) is 7.11 Å². The van der Waals surface area contributed by atoms with Gasteiger partial charge in [0.05, 0.1) is 19.2 Å². The van der Waals surface area contributed by atoms with Gasteiger partial charge < -0.3 is 30.4 Å². The lowest BCUT2D eigenvalue weighted by Crippen LogP contribution is -2.46. The Morgan fingerprint density at radius 3 is 2.73 bits per heavy atom. The summed E-state index contributed by atoms with van der Waals surface area (Å²) in [5, 5.41) is 8.35. The number of ether oxygens (including phenoxy) is 2. The minimum atomic E-state index is 0.0987. The number of nitrogen functional groups attached to an aromatic ring is 1. The zero-order valence-electron chi connectivity index (χ0n) is 22.1. The van der Waals surface area contributed by atoms with Gasteiger partial charge in [0.1, 0.15) is 16.8 Å². The van der Waals surface area contributed by atoms with E-state index >= 15 is 0 Å². The normalized spacial score (nSPS) is 15.3. The van der Waals surface area contributed by atoms with Gasteiger partial charge >= 0.3 is 0 Å². The number of hydrogen-bond donors (Lipinski definition) is 3. The van der Waals surface area contributed by atoms with E-state index in [0.717, 1.165) is 91.1 Å². The summed E-state index contributed by atoms with van der Waals surface area (Å²) in [6.07, 6.45) is 4.20. The number of para-hydroxylation sites is 1. The number of nitrogens with one attached hydrogen (secondary N) is 2. The maximum Gasteiger partial charge on any atom is 0.222 e. The molecule has 37 heavy (non-hydrogen) atoms. The van der Waals surface area contributed by atoms with E-state index in [9.17, 15) is 0 Å². The third-order valence-electron chi connectivity index (χ3n) is 7.43. The molecule has 1 saturated heterocycles. The molecule has 1 aliphatic rings. The topological polar surface area (TPSA) is 99.2 Å². The van der Waals surface area contributed by atoms with Gasteiger partial charge in [-0.05, 0) is 49.9 Å². The van der Waals surface area contributed by atoms with Crippen LogP contribution in [0.3, 0.4) is 0 Å². The van der Waals surface area contributed by atoms with Crippen molar-refractivity contribution in [3.05, 3.63) is 53.6 Å². The van der Waals surface area contributed by atoms with Crippen LogP contribution in [0.4, 0.5) is 11.8 Å². The van der Waals surface area contributed by atoms with Gasteiger partial charge in [0.2, 0.25) is 5.95 Å². The molecule has 3 heterocycles. The van der Waals surface area contributed by atoms with Crippen molar-refractivity contribution in [3.8, 4) is 5.75 Å². The molecule has 2 aromatic heterocycles. The minimum Gasteiger partial charge on any atom is -0.496 e. The van der Waals surface area contributed by atoms with Gasteiger partial charge in [-0.1, -0.05) is 37.6 Å². The smallest absolute Gasteiger partial charge is 0.222 e. The van der Waals surface area contributed by atoms with Crippen LogP contribution in [0.1, 0.15) is 50.7 Å². The lowest BCUT2D eigenvalue weighted by Gasteiger charge is -2.34. The molecular weight excluding hydrogens is 464 g/mol. The van der Waals surface area contributed by atoms with E-state index in [1.807, 2.05) is 6.07 Å². The number of benzene rings is 2.